The van der Waals surface area contributed by atoms with Gasteiger partial charge in [0.15, 0.2) is 0 Å². The predicted molar refractivity (Wildman–Crippen MR) is 139 cm³/mol. The first-order chi connectivity index (χ1) is 17.3. The minimum Gasteiger partial charge on any atom is -0.493 e. The third kappa shape index (κ3) is 7.51. The molecule has 196 valence electrons. The summed E-state index contributed by atoms with van der Waals surface area (Å²) in [5, 5.41) is 9.22. The molecule has 2 aromatic rings. The molecule has 8 nitrogen and oxygen atoms in total. The van der Waals surface area contributed by atoms with Gasteiger partial charge in [0, 0.05) is 37.6 Å². The van der Waals surface area contributed by atoms with Crippen molar-refractivity contribution < 1.29 is 27.2 Å². The lowest BCUT2D eigenvalue weighted by atomic mass is 10.1. The molecule has 6 rings (SSSR count). The molecule has 2 saturated heterocycles. The van der Waals surface area contributed by atoms with Crippen molar-refractivity contribution in [2.75, 3.05) is 55.4 Å². The number of aliphatic hydroxyl groups excluding tert-OH is 1. The molecule has 36 heavy (non-hydrogen) atoms. The normalized spacial score (nSPS) is 20.2. The van der Waals surface area contributed by atoms with Crippen molar-refractivity contribution in [2.45, 2.75) is 37.9 Å². The molecule has 0 aromatic heterocycles. The van der Waals surface area contributed by atoms with Crippen LogP contribution in [0.5, 0.6) is 11.5 Å². The van der Waals surface area contributed by atoms with Crippen LogP contribution in [0.2, 0.25) is 0 Å². The van der Waals surface area contributed by atoms with Gasteiger partial charge >= 0.3 is 0 Å². The van der Waals surface area contributed by atoms with Gasteiger partial charge in [-0.3, -0.25) is 4.18 Å². The van der Waals surface area contributed by atoms with Gasteiger partial charge < -0.3 is 24.4 Å². The Bertz CT molecular complexity index is 1090. The summed E-state index contributed by atoms with van der Waals surface area (Å²) in [6.45, 7) is 4.39. The SMILES string of the molecule is CS(=O)(=O)OC1CN(c2ccc(OCC3CC3)cc2)C1.OC1CN(c2ccc(OCC3CC3)cc2)C1. The second-order valence-electron chi connectivity index (χ2n) is 10.4. The van der Waals surface area contributed by atoms with Crippen LogP contribution in [0.15, 0.2) is 48.5 Å². The molecule has 4 fully saturated rings. The number of nitrogens with zero attached hydrogens (tertiary/aromatic N) is 2. The van der Waals surface area contributed by atoms with Crippen molar-refractivity contribution in [2.24, 2.45) is 11.8 Å². The van der Waals surface area contributed by atoms with Gasteiger partial charge in [0.2, 0.25) is 0 Å². The van der Waals surface area contributed by atoms with E-state index in [1.54, 1.807) is 0 Å². The quantitative estimate of drug-likeness (QED) is 0.482. The van der Waals surface area contributed by atoms with E-state index in [1.165, 1.54) is 31.4 Å². The summed E-state index contributed by atoms with van der Waals surface area (Å²) in [6.07, 6.45) is 5.93. The molecular formula is C27H36N2O6S. The zero-order valence-electron chi connectivity index (χ0n) is 20.8. The molecule has 0 atom stereocenters. The fraction of sp³-hybridized carbons (Fsp3) is 0.556. The maximum atomic E-state index is 11.0. The van der Waals surface area contributed by atoms with Gasteiger partial charge in [0.05, 0.1) is 25.6 Å². The van der Waals surface area contributed by atoms with E-state index in [4.69, 9.17) is 13.7 Å². The highest BCUT2D eigenvalue weighted by Gasteiger charge is 2.30. The number of hydrogen-bond donors (Lipinski definition) is 1. The smallest absolute Gasteiger partial charge is 0.264 e. The average molecular weight is 517 g/mol. The Morgan fingerprint density at radius 2 is 1.17 bits per heavy atom. The largest absolute Gasteiger partial charge is 0.493 e. The van der Waals surface area contributed by atoms with E-state index in [0.29, 0.717) is 13.1 Å². The van der Waals surface area contributed by atoms with E-state index in [0.717, 1.165) is 61.6 Å². The lowest BCUT2D eigenvalue weighted by Crippen LogP contribution is -2.52. The van der Waals surface area contributed by atoms with Crippen LogP contribution in [0, 0.1) is 11.8 Å². The maximum Gasteiger partial charge on any atom is 0.264 e. The van der Waals surface area contributed by atoms with E-state index in [-0.39, 0.29) is 12.2 Å². The van der Waals surface area contributed by atoms with Crippen LogP contribution in [0.25, 0.3) is 0 Å². The zero-order chi connectivity index (χ0) is 25.1. The molecule has 4 aliphatic rings. The Kier molecular flexibility index (Phi) is 7.60. The molecular weight excluding hydrogens is 480 g/mol. The molecule has 0 amide bonds. The summed E-state index contributed by atoms with van der Waals surface area (Å²) >= 11 is 0. The van der Waals surface area contributed by atoms with Gasteiger partial charge in [-0.15, -0.1) is 0 Å². The molecule has 1 N–H and O–H groups in total. The van der Waals surface area contributed by atoms with Crippen molar-refractivity contribution in [1.29, 1.82) is 0 Å². The zero-order valence-corrected chi connectivity index (χ0v) is 21.6. The fourth-order valence-electron chi connectivity index (χ4n) is 4.13. The van der Waals surface area contributed by atoms with Crippen LogP contribution < -0.4 is 19.3 Å². The molecule has 2 aromatic carbocycles. The molecule has 2 aliphatic heterocycles. The van der Waals surface area contributed by atoms with Gasteiger partial charge in [-0.05, 0) is 86.1 Å². The topological polar surface area (TPSA) is 88.5 Å². The highest BCUT2D eigenvalue weighted by molar-refractivity contribution is 7.86. The summed E-state index contributed by atoms with van der Waals surface area (Å²) in [7, 11) is -3.35. The minimum absolute atomic E-state index is 0.147. The van der Waals surface area contributed by atoms with E-state index in [9.17, 15) is 13.5 Å². The molecule has 0 spiro atoms. The highest BCUT2D eigenvalue weighted by atomic mass is 32.2. The predicted octanol–water partition coefficient (Wildman–Crippen LogP) is 3.30. The number of β-amino-alcohol motifs (C(OH)–C–C–N with tert-alkyl or cyclic N) is 1. The molecule has 2 aliphatic carbocycles. The van der Waals surface area contributed by atoms with Crippen molar-refractivity contribution in [3.8, 4) is 11.5 Å². The molecule has 0 bridgehead atoms. The Morgan fingerprint density at radius 1 is 0.750 bits per heavy atom. The average Bonchev–Trinajstić information content (AvgIpc) is 3.72. The first-order valence-corrected chi connectivity index (χ1v) is 14.6. The first-order valence-electron chi connectivity index (χ1n) is 12.8. The number of benzene rings is 2. The van der Waals surface area contributed by atoms with Crippen LogP contribution in [0.4, 0.5) is 11.4 Å². The van der Waals surface area contributed by atoms with Gasteiger partial charge in [0.25, 0.3) is 10.1 Å². The molecule has 0 radical (unpaired) electrons. The molecule has 2 saturated carbocycles. The number of ether oxygens (including phenoxy) is 2. The Morgan fingerprint density at radius 3 is 1.53 bits per heavy atom. The van der Waals surface area contributed by atoms with Gasteiger partial charge in [0.1, 0.15) is 17.6 Å². The van der Waals surface area contributed by atoms with E-state index >= 15 is 0 Å². The maximum absolute atomic E-state index is 11.0. The van der Waals surface area contributed by atoms with Gasteiger partial charge in [-0.2, -0.15) is 8.42 Å². The molecule has 2 heterocycles. The van der Waals surface area contributed by atoms with Crippen LogP contribution >= 0.6 is 0 Å². The van der Waals surface area contributed by atoms with Gasteiger partial charge in [-0.25, -0.2) is 0 Å². The van der Waals surface area contributed by atoms with Crippen LogP contribution in [0.1, 0.15) is 25.7 Å². The number of aliphatic hydroxyl groups is 1. The van der Waals surface area contributed by atoms with Crippen LogP contribution in [-0.4, -0.2) is 71.4 Å². The van der Waals surface area contributed by atoms with Crippen molar-refractivity contribution >= 4 is 21.5 Å². The number of rotatable bonds is 10. The Balaban J connectivity index is 0.000000152. The fourth-order valence-corrected chi connectivity index (χ4v) is 4.74. The summed E-state index contributed by atoms with van der Waals surface area (Å²) in [5.41, 5.74) is 2.24. The third-order valence-electron chi connectivity index (χ3n) is 6.79. The second-order valence-corrected chi connectivity index (χ2v) is 12.0. The van der Waals surface area contributed by atoms with E-state index in [2.05, 4.69) is 21.9 Å². The lowest BCUT2D eigenvalue weighted by Gasteiger charge is -2.39. The lowest BCUT2D eigenvalue weighted by molar-refractivity contribution is 0.142. The second kappa shape index (κ2) is 10.9. The standard InChI is InChI=1S/C14H19NO4S.C13H17NO2/c1-20(16,17)19-14-8-15(9-14)12-4-6-13(7-5-12)18-10-11-2-3-11;15-12-7-14(8-12)11-3-5-13(6-4-11)16-9-10-1-2-10/h4-7,11,14H,2-3,8-10H2,1H3;3-6,10,12,15H,1-2,7-9H2. The number of anilines is 2. The summed E-state index contributed by atoms with van der Waals surface area (Å²) in [4.78, 5) is 4.25. The Labute approximate surface area is 213 Å². The highest BCUT2D eigenvalue weighted by Crippen LogP contribution is 2.31. The summed E-state index contributed by atoms with van der Waals surface area (Å²) in [6, 6.07) is 16.1. The van der Waals surface area contributed by atoms with E-state index in [1.807, 2.05) is 36.4 Å². The van der Waals surface area contributed by atoms with Crippen LogP contribution in [-0.2, 0) is 14.3 Å². The Hall–Kier alpha value is -2.49. The van der Waals surface area contributed by atoms with Crippen molar-refractivity contribution in [1.82, 2.24) is 0 Å². The van der Waals surface area contributed by atoms with Crippen molar-refractivity contribution in [3.05, 3.63) is 48.5 Å². The van der Waals surface area contributed by atoms with Crippen LogP contribution in [0.3, 0.4) is 0 Å². The number of hydrogen-bond acceptors (Lipinski definition) is 8. The molecule has 0 unspecified atom stereocenters. The minimum atomic E-state index is -3.35. The summed E-state index contributed by atoms with van der Waals surface area (Å²) < 4.78 is 38.3. The molecule has 9 heteroatoms. The van der Waals surface area contributed by atoms with Gasteiger partial charge in [-0.1, -0.05) is 0 Å². The van der Waals surface area contributed by atoms with E-state index < -0.39 is 10.1 Å². The first kappa shape index (κ1) is 25.2. The summed E-state index contributed by atoms with van der Waals surface area (Å²) in [5.74, 6) is 3.39. The monoisotopic (exact) mass is 516 g/mol. The third-order valence-corrected chi connectivity index (χ3v) is 7.41. The van der Waals surface area contributed by atoms with Crippen molar-refractivity contribution in [3.63, 3.8) is 0 Å².